The van der Waals surface area contributed by atoms with E-state index in [0.717, 1.165) is 36.2 Å². The zero-order valence-electron chi connectivity index (χ0n) is 16.1. The summed E-state index contributed by atoms with van der Waals surface area (Å²) < 4.78 is 7.24. The van der Waals surface area contributed by atoms with Gasteiger partial charge in [-0.25, -0.2) is 0 Å². The Bertz CT molecular complexity index is 784. The highest BCUT2D eigenvalue weighted by Gasteiger charge is 2.31. The molecule has 2 aromatic rings. The molecule has 2 heterocycles. The lowest BCUT2D eigenvalue weighted by molar-refractivity contribution is 0.0470. The van der Waals surface area contributed by atoms with Crippen molar-refractivity contribution < 1.29 is 14.6 Å². The second-order valence-corrected chi connectivity index (χ2v) is 7.64. The maximum Gasteiger partial charge on any atom is 0.270 e. The summed E-state index contributed by atoms with van der Waals surface area (Å²) in [6.07, 6.45) is 0.963. The van der Waals surface area contributed by atoms with E-state index in [4.69, 9.17) is 4.74 Å². The maximum atomic E-state index is 13.2. The Hall–Kier alpha value is -2.05. The molecule has 3 rings (SSSR count). The Balaban J connectivity index is 1.87. The second-order valence-electron chi connectivity index (χ2n) is 7.64. The summed E-state index contributed by atoms with van der Waals surface area (Å²) in [6, 6.07) is 7.78. The van der Waals surface area contributed by atoms with E-state index in [0.29, 0.717) is 18.2 Å². The van der Waals surface area contributed by atoms with Crippen LogP contribution in [-0.4, -0.2) is 72.8 Å². The molecule has 26 heavy (non-hydrogen) atoms. The summed E-state index contributed by atoms with van der Waals surface area (Å²) in [5.41, 5.74) is 1.66. The number of rotatable bonds is 5. The van der Waals surface area contributed by atoms with E-state index in [1.165, 1.54) is 0 Å². The van der Waals surface area contributed by atoms with Gasteiger partial charge in [0.25, 0.3) is 5.91 Å². The maximum absolute atomic E-state index is 13.2. The number of aromatic nitrogens is 1. The van der Waals surface area contributed by atoms with E-state index in [1.807, 2.05) is 54.9 Å². The third-order valence-electron chi connectivity index (χ3n) is 5.26. The number of amides is 1. The van der Waals surface area contributed by atoms with E-state index >= 15 is 0 Å². The summed E-state index contributed by atoms with van der Waals surface area (Å²) >= 11 is 0. The van der Waals surface area contributed by atoms with Crippen molar-refractivity contribution in [2.45, 2.75) is 6.42 Å². The molecule has 1 aliphatic rings. The molecule has 1 aromatic heterocycles. The first kappa shape index (κ1) is 18.7. The normalized spacial score (nSPS) is 20.8. The average Bonchev–Trinajstić information content (AvgIpc) is 2.96. The standard InChI is InChI=1S/C20H29N3O3/c1-21(2)10-14-7-15(13-24)12-23(11-14)20(25)19-8-16-5-6-17(26-4)9-18(16)22(19)3/h5-6,8-9,14-15,24H,7,10-13H2,1-4H3. The van der Waals surface area contributed by atoms with Crippen molar-refractivity contribution >= 4 is 16.8 Å². The number of piperidine rings is 1. The topological polar surface area (TPSA) is 57.9 Å². The van der Waals surface area contributed by atoms with E-state index in [-0.39, 0.29) is 18.4 Å². The van der Waals surface area contributed by atoms with Crippen molar-refractivity contribution in [2.24, 2.45) is 18.9 Å². The minimum absolute atomic E-state index is 0.0320. The van der Waals surface area contributed by atoms with Gasteiger partial charge in [-0.3, -0.25) is 4.79 Å². The van der Waals surface area contributed by atoms with Crippen LogP contribution >= 0.6 is 0 Å². The minimum atomic E-state index is 0.0320. The third-order valence-corrected chi connectivity index (χ3v) is 5.26. The molecule has 1 N–H and O–H groups in total. The number of fused-ring (bicyclic) bond motifs is 1. The van der Waals surface area contributed by atoms with Gasteiger partial charge in [0.1, 0.15) is 11.4 Å². The van der Waals surface area contributed by atoms with Gasteiger partial charge in [-0.1, -0.05) is 0 Å². The Morgan fingerprint density at radius 2 is 2.00 bits per heavy atom. The molecule has 1 aliphatic heterocycles. The molecule has 1 amide bonds. The SMILES string of the molecule is COc1ccc2cc(C(=O)N3CC(CO)CC(CN(C)C)C3)n(C)c2c1. The van der Waals surface area contributed by atoms with Gasteiger partial charge in [0, 0.05) is 44.7 Å². The highest BCUT2D eigenvalue weighted by Crippen LogP contribution is 2.27. The van der Waals surface area contributed by atoms with Crippen molar-refractivity contribution in [3.8, 4) is 5.75 Å². The first-order valence-electron chi connectivity index (χ1n) is 9.11. The minimum Gasteiger partial charge on any atom is -0.497 e. The number of ether oxygens (including phenoxy) is 1. The van der Waals surface area contributed by atoms with Gasteiger partial charge in [-0.15, -0.1) is 0 Å². The number of likely N-dealkylation sites (tertiary alicyclic amines) is 1. The van der Waals surface area contributed by atoms with Gasteiger partial charge in [-0.2, -0.15) is 0 Å². The molecule has 0 saturated carbocycles. The lowest BCUT2D eigenvalue weighted by Gasteiger charge is -2.38. The van der Waals surface area contributed by atoms with E-state index in [2.05, 4.69) is 4.90 Å². The average molecular weight is 359 g/mol. The quantitative estimate of drug-likeness (QED) is 0.885. The Labute approximate surface area is 154 Å². The summed E-state index contributed by atoms with van der Waals surface area (Å²) in [4.78, 5) is 17.3. The zero-order chi connectivity index (χ0) is 18.8. The lowest BCUT2D eigenvalue weighted by atomic mass is 9.89. The van der Waals surface area contributed by atoms with Crippen LogP contribution in [0.4, 0.5) is 0 Å². The molecule has 142 valence electrons. The Morgan fingerprint density at radius 1 is 1.27 bits per heavy atom. The number of benzene rings is 1. The highest BCUT2D eigenvalue weighted by molar-refractivity contribution is 5.99. The largest absolute Gasteiger partial charge is 0.497 e. The van der Waals surface area contributed by atoms with E-state index in [1.54, 1.807) is 7.11 Å². The molecule has 6 heteroatoms. The van der Waals surface area contributed by atoms with Gasteiger partial charge in [0.15, 0.2) is 0 Å². The molecule has 1 saturated heterocycles. The third kappa shape index (κ3) is 3.71. The number of methoxy groups -OCH3 is 1. The molecular formula is C20H29N3O3. The van der Waals surface area contributed by atoms with E-state index < -0.39 is 0 Å². The molecule has 0 bridgehead atoms. The summed E-state index contributed by atoms with van der Waals surface area (Å²) in [5.74, 6) is 1.34. The van der Waals surface area contributed by atoms with E-state index in [9.17, 15) is 9.90 Å². The number of aryl methyl sites for hydroxylation is 1. The molecule has 0 radical (unpaired) electrons. The fourth-order valence-corrected chi connectivity index (χ4v) is 4.07. The zero-order valence-corrected chi connectivity index (χ0v) is 16.1. The van der Waals surface area contributed by atoms with Crippen LogP contribution in [0.25, 0.3) is 10.9 Å². The number of hydrogen-bond donors (Lipinski definition) is 1. The van der Waals surface area contributed by atoms with Gasteiger partial charge >= 0.3 is 0 Å². The van der Waals surface area contributed by atoms with Crippen molar-refractivity contribution in [1.29, 1.82) is 0 Å². The monoisotopic (exact) mass is 359 g/mol. The van der Waals surface area contributed by atoms with Crippen LogP contribution in [0.5, 0.6) is 5.75 Å². The van der Waals surface area contributed by atoms with Gasteiger partial charge < -0.3 is 24.2 Å². The van der Waals surface area contributed by atoms with Crippen molar-refractivity contribution in [3.05, 3.63) is 30.0 Å². The molecule has 0 aliphatic carbocycles. The summed E-state index contributed by atoms with van der Waals surface area (Å²) in [7, 11) is 7.65. The fraction of sp³-hybridized carbons (Fsp3) is 0.550. The first-order valence-corrected chi connectivity index (χ1v) is 9.11. The summed E-state index contributed by atoms with van der Waals surface area (Å²) in [5, 5.41) is 10.7. The number of hydrogen-bond acceptors (Lipinski definition) is 4. The van der Waals surface area contributed by atoms with Gasteiger partial charge in [-0.05, 0) is 50.6 Å². The predicted molar refractivity (Wildman–Crippen MR) is 103 cm³/mol. The molecule has 6 nitrogen and oxygen atoms in total. The molecule has 1 fully saturated rings. The van der Waals surface area contributed by atoms with Gasteiger partial charge in [0.2, 0.25) is 0 Å². The molecule has 1 aromatic carbocycles. The van der Waals surface area contributed by atoms with Crippen LogP contribution in [0.3, 0.4) is 0 Å². The van der Waals surface area contributed by atoms with Crippen LogP contribution in [0, 0.1) is 11.8 Å². The predicted octanol–water partition coefficient (Wildman–Crippen LogP) is 1.82. The fourth-order valence-electron chi connectivity index (χ4n) is 4.07. The number of nitrogens with zero attached hydrogens (tertiary/aromatic N) is 3. The summed E-state index contributed by atoms with van der Waals surface area (Å²) in [6.45, 7) is 2.40. The second kappa shape index (κ2) is 7.68. The number of aliphatic hydroxyl groups is 1. The molecule has 0 spiro atoms. The Kier molecular flexibility index (Phi) is 5.53. The highest BCUT2D eigenvalue weighted by atomic mass is 16.5. The molecule has 2 unspecified atom stereocenters. The lowest BCUT2D eigenvalue weighted by Crippen LogP contribution is -2.47. The van der Waals surface area contributed by atoms with Gasteiger partial charge in [0.05, 0.1) is 12.6 Å². The smallest absolute Gasteiger partial charge is 0.270 e. The van der Waals surface area contributed by atoms with Crippen LogP contribution < -0.4 is 4.74 Å². The van der Waals surface area contributed by atoms with Crippen LogP contribution in [-0.2, 0) is 7.05 Å². The number of aliphatic hydroxyl groups excluding tert-OH is 1. The van der Waals surface area contributed by atoms with Crippen LogP contribution in [0.2, 0.25) is 0 Å². The Morgan fingerprint density at radius 3 is 2.65 bits per heavy atom. The van der Waals surface area contributed by atoms with Crippen molar-refractivity contribution in [3.63, 3.8) is 0 Å². The molecular weight excluding hydrogens is 330 g/mol. The van der Waals surface area contributed by atoms with Crippen LogP contribution in [0.1, 0.15) is 16.9 Å². The number of carbonyl (C=O) groups excluding carboxylic acids is 1. The van der Waals surface area contributed by atoms with Crippen molar-refractivity contribution in [1.82, 2.24) is 14.4 Å². The van der Waals surface area contributed by atoms with Crippen LogP contribution in [0.15, 0.2) is 24.3 Å². The van der Waals surface area contributed by atoms with Crippen molar-refractivity contribution in [2.75, 3.05) is 47.4 Å². The number of carbonyl (C=O) groups is 1. The first-order chi connectivity index (χ1) is 12.4. The molecule has 2 atom stereocenters.